The molecule has 0 aliphatic heterocycles. The lowest BCUT2D eigenvalue weighted by molar-refractivity contribution is 0.228. The molecule has 0 spiro atoms. The first kappa shape index (κ1) is 12.2. The zero-order chi connectivity index (χ0) is 12.4. The van der Waals surface area contributed by atoms with Crippen molar-refractivity contribution in [2.24, 2.45) is 5.73 Å². The number of aromatic nitrogens is 2. The largest absolute Gasteiger partial charge is 0.339 e. The lowest BCUT2D eigenvalue weighted by Gasteiger charge is -2.34. The molecule has 1 aromatic heterocycles. The predicted octanol–water partition coefficient (Wildman–Crippen LogP) is 3.24. The Morgan fingerprint density at radius 1 is 1.00 bits per heavy atom. The Balaban J connectivity index is 1.71. The van der Waals surface area contributed by atoms with Gasteiger partial charge in [-0.15, -0.1) is 0 Å². The molecule has 2 aliphatic rings. The van der Waals surface area contributed by atoms with E-state index in [1.165, 1.54) is 51.4 Å². The number of hydrogen-bond donors (Lipinski definition) is 1. The molecule has 18 heavy (non-hydrogen) atoms. The minimum absolute atomic E-state index is 0.288. The Bertz CT molecular complexity index is 389. The van der Waals surface area contributed by atoms with E-state index < -0.39 is 0 Å². The molecule has 100 valence electrons. The molecule has 0 atom stereocenters. The van der Waals surface area contributed by atoms with Crippen molar-refractivity contribution in [3.63, 3.8) is 0 Å². The van der Waals surface area contributed by atoms with Crippen molar-refractivity contribution in [2.75, 3.05) is 0 Å². The van der Waals surface area contributed by atoms with Gasteiger partial charge in [-0.25, -0.2) is 0 Å². The smallest absolute Gasteiger partial charge is 0.229 e. The summed E-state index contributed by atoms with van der Waals surface area (Å²) in [5.74, 6) is 2.05. The highest BCUT2D eigenvalue weighted by Crippen LogP contribution is 2.38. The summed E-state index contributed by atoms with van der Waals surface area (Å²) in [5.41, 5.74) is 5.95. The maximum absolute atomic E-state index is 6.24. The van der Waals surface area contributed by atoms with Crippen molar-refractivity contribution in [1.29, 1.82) is 0 Å². The SMILES string of the molecule is NC1(c2noc(C3CCCCCCC3)n2)CCC1. The van der Waals surface area contributed by atoms with Gasteiger partial charge in [0.15, 0.2) is 5.82 Å². The van der Waals surface area contributed by atoms with Crippen LogP contribution in [-0.4, -0.2) is 10.1 Å². The van der Waals surface area contributed by atoms with Crippen molar-refractivity contribution in [1.82, 2.24) is 10.1 Å². The molecule has 2 fully saturated rings. The first-order valence-electron chi connectivity index (χ1n) is 7.41. The summed E-state index contributed by atoms with van der Waals surface area (Å²) >= 11 is 0. The van der Waals surface area contributed by atoms with Gasteiger partial charge in [-0.2, -0.15) is 4.98 Å². The Morgan fingerprint density at radius 3 is 2.28 bits per heavy atom. The summed E-state index contributed by atoms with van der Waals surface area (Å²) in [6.45, 7) is 0. The molecule has 2 aliphatic carbocycles. The zero-order valence-corrected chi connectivity index (χ0v) is 11.0. The number of nitrogens with zero attached hydrogens (tertiary/aromatic N) is 2. The monoisotopic (exact) mass is 249 g/mol. The summed E-state index contributed by atoms with van der Waals surface area (Å²) < 4.78 is 5.48. The molecule has 1 aromatic rings. The average molecular weight is 249 g/mol. The van der Waals surface area contributed by atoms with Crippen molar-refractivity contribution in [2.45, 2.75) is 75.7 Å². The highest BCUT2D eigenvalue weighted by atomic mass is 16.5. The highest BCUT2D eigenvalue weighted by molar-refractivity contribution is 5.09. The summed E-state index contributed by atoms with van der Waals surface area (Å²) in [4.78, 5) is 4.60. The van der Waals surface area contributed by atoms with Crippen LogP contribution in [0.3, 0.4) is 0 Å². The third kappa shape index (κ3) is 2.30. The van der Waals surface area contributed by atoms with Gasteiger partial charge in [0, 0.05) is 5.92 Å². The molecular weight excluding hydrogens is 226 g/mol. The van der Waals surface area contributed by atoms with Gasteiger partial charge in [0.25, 0.3) is 0 Å². The first-order chi connectivity index (χ1) is 8.78. The average Bonchev–Trinajstić information content (AvgIpc) is 2.75. The van der Waals surface area contributed by atoms with E-state index in [1.54, 1.807) is 0 Å². The molecule has 0 bridgehead atoms. The van der Waals surface area contributed by atoms with Crippen molar-refractivity contribution < 1.29 is 4.52 Å². The molecule has 4 nitrogen and oxygen atoms in total. The van der Waals surface area contributed by atoms with E-state index in [0.29, 0.717) is 5.92 Å². The second-order valence-electron chi connectivity index (χ2n) is 6.01. The van der Waals surface area contributed by atoms with Crippen LogP contribution in [0.5, 0.6) is 0 Å². The van der Waals surface area contributed by atoms with Crippen LogP contribution in [-0.2, 0) is 5.54 Å². The van der Waals surface area contributed by atoms with Crippen molar-refractivity contribution in [3.8, 4) is 0 Å². The number of rotatable bonds is 2. The Labute approximate surface area is 108 Å². The fourth-order valence-corrected chi connectivity index (χ4v) is 3.09. The van der Waals surface area contributed by atoms with Gasteiger partial charge < -0.3 is 10.3 Å². The number of hydrogen-bond acceptors (Lipinski definition) is 4. The molecule has 1 heterocycles. The molecule has 4 heteroatoms. The van der Waals surface area contributed by atoms with Gasteiger partial charge in [0.2, 0.25) is 5.89 Å². The summed E-state index contributed by atoms with van der Waals surface area (Å²) in [6.07, 6.45) is 12.2. The Kier molecular flexibility index (Phi) is 3.37. The van der Waals surface area contributed by atoms with Crippen LogP contribution in [0.25, 0.3) is 0 Å². The van der Waals surface area contributed by atoms with Gasteiger partial charge in [0.05, 0.1) is 5.54 Å². The quantitative estimate of drug-likeness (QED) is 0.874. The van der Waals surface area contributed by atoms with Crippen LogP contribution in [0.4, 0.5) is 0 Å². The van der Waals surface area contributed by atoms with Crippen LogP contribution >= 0.6 is 0 Å². The van der Waals surface area contributed by atoms with Gasteiger partial charge in [-0.3, -0.25) is 0 Å². The minimum atomic E-state index is -0.288. The third-order valence-electron chi connectivity index (χ3n) is 4.59. The van der Waals surface area contributed by atoms with E-state index in [0.717, 1.165) is 24.6 Å². The summed E-state index contributed by atoms with van der Waals surface area (Å²) in [7, 11) is 0. The fraction of sp³-hybridized carbons (Fsp3) is 0.857. The lowest BCUT2D eigenvalue weighted by atomic mass is 9.77. The maximum atomic E-state index is 6.24. The van der Waals surface area contributed by atoms with Crippen molar-refractivity contribution >= 4 is 0 Å². The molecule has 2 N–H and O–H groups in total. The summed E-state index contributed by atoms with van der Waals surface area (Å²) in [6, 6.07) is 0. The molecule has 0 saturated heterocycles. The van der Waals surface area contributed by atoms with E-state index in [2.05, 4.69) is 10.1 Å². The fourth-order valence-electron chi connectivity index (χ4n) is 3.09. The van der Waals surface area contributed by atoms with E-state index >= 15 is 0 Å². The van der Waals surface area contributed by atoms with E-state index in [9.17, 15) is 0 Å². The number of nitrogens with two attached hydrogens (primary N) is 1. The lowest BCUT2D eigenvalue weighted by Crippen LogP contribution is -2.44. The maximum Gasteiger partial charge on any atom is 0.229 e. The van der Waals surface area contributed by atoms with Crippen LogP contribution in [0.2, 0.25) is 0 Å². The molecule has 0 aromatic carbocycles. The van der Waals surface area contributed by atoms with Gasteiger partial charge in [0.1, 0.15) is 0 Å². The van der Waals surface area contributed by atoms with Crippen LogP contribution in [0.15, 0.2) is 4.52 Å². The zero-order valence-electron chi connectivity index (χ0n) is 11.0. The standard InChI is InChI=1S/C14H23N3O/c15-14(9-6-10-14)13-16-12(18-17-13)11-7-4-2-1-3-5-8-11/h11H,1-10,15H2. The van der Waals surface area contributed by atoms with E-state index in [4.69, 9.17) is 10.3 Å². The predicted molar refractivity (Wildman–Crippen MR) is 69.1 cm³/mol. The molecule has 3 rings (SSSR count). The Morgan fingerprint density at radius 2 is 1.67 bits per heavy atom. The molecule has 2 saturated carbocycles. The van der Waals surface area contributed by atoms with Crippen LogP contribution in [0, 0.1) is 0 Å². The molecular formula is C14H23N3O. The molecule has 0 radical (unpaired) electrons. The normalized spacial score (nSPS) is 25.2. The summed E-state index contributed by atoms with van der Waals surface area (Å²) in [5, 5.41) is 4.13. The highest BCUT2D eigenvalue weighted by Gasteiger charge is 2.39. The van der Waals surface area contributed by atoms with E-state index in [1.807, 2.05) is 0 Å². The molecule has 0 unspecified atom stereocenters. The second kappa shape index (κ2) is 5.00. The van der Waals surface area contributed by atoms with Crippen LogP contribution < -0.4 is 5.73 Å². The third-order valence-corrected chi connectivity index (χ3v) is 4.59. The van der Waals surface area contributed by atoms with Gasteiger partial charge in [-0.05, 0) is 32.1 Å². The van der Waals surface area contributed by atoms with Crippen LogP contribution in [0.1, 0.15) is 81.8 Å². The van der Waals surface area contributed by atoms with Gasteiger partial charge in [-0.1, -0.05) is 37.3 Å². The van der Waals surface area contributed by atoms with Gasteiger partial charge >= 0.3 is 0 Å². The second-order valence-corrected chi connectivity index (χ2v) is 6.01. The minimum Gasteiger partial charge on any atom is -0.339 e. The van der Waals surface area contributed by atoms with Crippen molar-refractivity contribution in [3.05, 3.63) is 11.7 Å². The topological polar surface area (TPSA) is 64.9 Å². The molecule has 0 amide bonds. The van der Waals surface area contributed by atoms with E-state index in [-0.39, 0.29) is 5.54 Å². The first-order valence-corrected chi connectivity index (χ1v) is 7.41. The Hall–Kier alpha value is -0.900.